The van der Waals surface area contributed by atoms with Crippen LogP contribution in [0, 0.1) is 5.92 Å². The molecule has 1 aliphatic rings. The molecule has 3 rings (SSSR count). The average molecular weight is 388 g/mol. The second-order valence-corrected chi connectivity index (χ2v) is 7.10. The number of carbonyl (C=O) groups excluding carboxylic acids is 2. The summed E-state index contributed by atoms with van der Waals surface area (Å²) in [7, 11) is 1.70. The summed E-state index contributed by atoms with van der Waals surface area (Å²) in [5.74, 6) is -0.397. The summed E-state index contributed by atoms with van der Waals surface area (Å²) in [5, 5.41) is 0.595. The van der Waals surface area contributed by atoms with Crippen LogP contribution >= 0.6 is 11.6 Å². The Hall–Kier alpha value is -2.53. The maximum absolute atomic E-state index is 12.4. The van der Waals surface area contributed by atoms with Crippen molar-refractivity contribution in [3.8, 4) is 5.75 Å². The Morgan fingerprint density at radius 1 is 1.26 bits per heavy atom. The molecule has 0 saturated heterocycles. The Morgan fingerprint density at radius 2 is 2.00 bits per heavy atom. The third-order valence-corrected chi connectivity index (χ3v) is 5.09. The van der Waals surface area contributed by atoms with Crippen molar-refractivity contribution in [1.29, 1.82) is 0 Å². The first-order valence-electron chi connectivity index (χ1n) is 8.84. The van der Waals surface area contributed by atoms with Gasteiger partial charge < -0.3 is 14.4 Å². The standard InChI is InChI=1S/C21H22ClNO4/c1-14(15-6-4-3-5-7-15)23(2)20(24)13-27-21(25)17-10-16-11-18(22)8-9-19(16)26-12-17/h3-9,11,14,17H,10,12-13H2,1-2H3/t14-,17+/m0/s1. The van der Waals surface area contributed by atoms with Crippen LogP contribution in [-0.2, 0) is 20.7 Å². The molecule has 2 aromatic carbocycles. The first-order valence-corrected chi connectivity index (χ1v) is 9.22. The molecule has 0 bridgehead atoms. The number of rotatable bonds is 5. The van der Waals surface area contributed by atoms with Crippen molar-refractivity contribution in [2.45, 2.75) is 19.4 Å². The van der Waals surface area contributed by atoms with Gasteiger partial charge in [0, 0.05) is 12.1 Å². The molecule has 0 aromatic heterocycles. The highest BCUT2D eigenvalue weighted by atomic mass is 35.5. The molecule has 1 heterocycles. The van der Waals surface area contributed by atoms with Crippen molar-refractivity contribution in [3.63, 3.8) is 0 Å². The zero-order valence-electron chi connectivity index (χ0n) is 15.4. The smallest absolute Gasteiger partial charge is 0.313 e. The highest BCUT2D eigenvalue weighted by Crippen LogP contribution is 2.30. The summed E-state index contributed by atoms with van der Waals surface area (Å²) in [4.78, 5) is 26.3. The van der Waals surface area contributed by atoms with Crippen LogP contribution in [-0.4, -0.2) is 37.0 Å². The van der Waals surface area contributed by atoms with E-state index in [0.717, 1.165) is 16.9 Å². The maximum Gasteiger partial charge on any atom is 0.313 e. The van der Waals surface area contributed by atoms with Crippen molar-refractivity contribution in [2.75, 3.05) is 20.3 Å². The molecule has 0 fully saturated rings. The van der Waals surface area contributed by atoms with Crippen molar-refractivity contribution in [3.05, 3.63) is 64.7 Å². The van der Waals surface area contributed by atoms with Gasteiger partial charge in [-0.3, -0.25) is 9.59 Å². The van der Waals surface area contributed by atoms with Crippen LogP contribution in [0.25, 0.3) is 0 Å². The van der Waals surface area contributed by atoms with E-state index in [0.29, 0.717) is 11.4 Å². The summed E-state index contributed by atoms with van der Waals surface area (Å²) >= 11 is 6.00. The molecule has 5 nitrogen and oxygen atoms in total. The molecular weight excluding hydrogens is 366 g/mol. The molecule has 0 unspecified atom stereocenters. The molecule has 0 saturated carbocycles. The van der Waals surface area contributed by atoms with Crippen molar-refractivity contribution < 1.29 is 19.1 Å². The zero-order chi connectivity index (χ0) is 19.4. The molecule has 0 spiro atoms. The van der Waals surface area contributed by atoms with Gasteiger partial charge in [0.1, 0.15) is 12.4 Å². The third-order valence-electron chi connectivity index (χ3n) is 4.86. The fourth-order valence-corrected chi connectivity index (χ4v) is 3.23. The molecule has 0 aliphatic carbocycles. The number of fused-ring (bicyclic) bond motifs is 1. The van der Waals surface area contributed by atoms with Gasteiger partial charge in [-0.25, -0.2) is 0 Å². The lowest BCUT2D eigenvalue weighted by Crippen LogP contribution is -2.36. The minimum atomic E-state index is -0.444. The Kier molecular flexibility index (Phi) is 6.01. The van der Waals surface area contributed by atoms with E-state index in [1.54, 1.807) is 30.1 Å². The monoisotopic (exact) mass is 387 g/mol. The van der Waals surface area contributed by atoms with E-state index in [9.17, 15) is 9.59 Å². The number of esters is 1. The average Bonchev–Trinajstić information content (AvgIpc) is 2.70. The van der Waals surface area contributed by atoms with Crippen molar-refractivity contribution in [1.82, 2.24) is 4.90 Å². The van der Waals surface area contributed by atoms with E-state index in [2.05, 4.69) is 0 Å². The lowest BCUT2D eigenvalue weighted by Gasteiger charge is -2.26. The molecule has 1 aliphatic heterocycles. The summed E-state index contributed by atoms with van der Waals surface area (Å²) in [6.45, 7) is 1.88. The third kappa shape index (κ3) is 4.61. The number of benzene rings is 2. The summed E-state index contributed by atoms with van der Waals surface area (Å²) in [6.07, 6.45) is 0.485. The van der Waals surface area contributed by atoms with E-state index in [1.165, 1.54) is 0 Å². The predicted molar refractivity (Wildman–Crippen MR) is 103 cm³/mol. The van der Waals surface area contributed by atoms with E-state index in [1.807, 2.05) is 37.3 Å². The molecule has 0 radical (unpaired) electrons. The van der Waals surface area contributed by atoms with E-state index < -0.39 is 11.9 Å². The highest BCUT2D eigenvalue weighted by Gasteiger charge is 2.28. The SMILES string of the molecule is C[C@@H](c1ccccc1)N(C)C(=O)COC(=O)[C@H]1COc2ccc(Cl)cc2C1. The Bertz CT molecular complexity index is 824. The number of halogens is 1. The molecule has 2 aromatic rings. The lowest BCUT2D eigenvalue weighted by atomic mass is 9.97. The fourth-order valence-electron chi connectivity index (χ4n) is 3.04. The van der Waals surface area contributed by atoms with Gasteiger partial charge in [-0.15, -0.1) is 0 Å². The maximum atomic E-state index is 12.4. The molecule has 0 N–H and O–H groups in total. The summed E-state index contributed by atoms with van der Waals surface area (Å²) < 4.78 is 10.9. The van der Waals surface area contributed by atoms with Gasteiger partial charge in [0.2, 0.25) is 0 Å². The van der Waals surface area contributed by atoms with Crippen molar-refractivity contribution >= 4 is 23.5 Å². The molecule has 1 amide bonds. The summed E-state index contributed by atoms with van der Waals surface area (Å²) in [5.41, 5.74) is 1.89. The van der Waals surface area contributed by atoms with E-state index in [4.69, 9.17) is 21.1 Å². The van der Waals surface area contributed by atoms with E-state index >= 15 is 0 Å². The predicted octanol–water partition coefficient (Wildman–Crippen LogP) is 3.65. The minimum Gasteiger partial charge on any atom is -0.492 e. The number of nitrogens with zero attached hydrogens (tertiary/aromatic N) is 1. The van der Waals surface area contributed by atoms with Gasteiger partial charge in [0.15, 0.2) is 6.61 Å². The molecular formula is C21H22ClNO4. The van der Waals surface area contributed by atoms with Gasteiger partial charge in [0.25, 0.3) is 5.91 Å². The van der Waals surface area contributed by atoms with Crippen LogP contribution in [0.3, 0.4) is 0 Å². The van der Waals surface area contributed by atoms with Gasteiger partial charge >= 0.3 is 5.97 Å². The lowest BCUT2D eigenvalue weighted by molar-refractivity contribution is -0.156. The quantitative estimate of drug-likeness (QED) is 0.735. The first kappa shape index (κ1) is 19.2. The Morgan fingerprint density at radius 3 is 2.74 bits per heavy atom. The van der Waals surface area contributed by atoms with Crippen LogP contribution in [0.15, 0.2) is 48.5 Å². The second-order valence-electron chi connectivity index (χ2n) is 6.66. The van der Waals surface area contributed by atoms with Gasteiger partial charge in [0.05, 0.1) is 12.0 Å². The van der Waals surface area contributed by atoms with Gasteiger partial charge in [-0.1, -0.05) is 41.9 Å². The van der Waals surface area contributed by atoms with Crippen LogP contribution in [0.1, 0.15) is 24.1 Å². The number of ether oxygens (including phenoxy) is 2. The van der Waals surface area contributed by atoms with Crippen LogP contribution in [0.2, 0.25) is 5.02 Å². The number of amides is 1. The first-order chi connectivity index (χ1) is 13.0. The Balaban J connectivity index is 1.53. The van der Waals surface area contributed by atoms with Crippen LogP contribution in [0.4, 0.5) is 0 Å². The molecule has 2 atom stereocenters. The van der Waals surface area contributed by atoms with Gasteiger partial charge in [-0.05, 0) is 42.7 Å². The van der Waals surface area contributed by atoms with Gasteiger partial charge in [-0.2, -0.15) is 0 Å². The largest absolute Gasteiger partial charge is 0.492 e. The Labute approximate surface area is 163 Å². The highest BCUT2D eigenvalue weighted by molar-refractivity contribution is 6.30. The number of likely N-dealkylation sites (N-methyl/N-ethyl adjacent to an activating group) is 1. The topological polar surface area (TPSA) is 55.8 Å². The number of hydrogen-bond donors (Lipinski definition) is 0. The summed E-state index contributed by atoms with van der Waals surface area (Å²) in [6, 6.07) is 14.9. The van der Waals surface area contributed by atoms with Crippen LogP contribution in [0.5, 0.6) is 5.75 Å². The second kappa shape index (κ2) is 8.44. The zero-order valence-corrected chi connectivity index (χ0v) is 16.1. The number of carbonyl (C=O) groups is 2. The normalized spacial score (nSPS) is 16.6. The van der Waals surface area contributed by atoms with Crippen molar-refractivity contribution in [2.24, 2.45) is 5.92 Å². The molecule has 142 valence electrons. The molecule has 27 heavy (non-hydrogen) atoms. The molecule has 6 heteroatoms. The number of hydrogen-bond acceptors (Lipinski definition) is 4. The fraction of sp³-hybridized carbons (Fsp3) is 0.333. The van der Waals surface area contributed by atoms with E-state index in [-0.39, 0.29) is 25.2 Å². The minimum absolute atomic E-state index is 0.107. The van der Waals surface area contributed by atoms with Crippen LogP contribution < -0.4 is 4.74 Å².